The van der Waals surface area contributed by atoms with Gasteiger partial charge in [-0.3, -0.25) is 9.69 Å². The Balaban J connectivity index is 1.94. The van der Waals surface area contributed by atoms with E-state index in [2.05, 4.69) is 45.1 Å². The molecule has 0 radical (unpaired) electrons. The van der Waals surface area contributed by atoms with Crippen LogP contribution < -0.4 is 11.1 Å². The summed E-state index contributed by atoms with van der Waals surface area (Å²) >= 11 is 3.34. The summed E-state index contributed by atoms with van der Waals surface area (Å²) in [6, 6.07) is 5.65. The van der Waals surface area contributed by atoms with Crippen LogP contribution in [-0.2, 0) is 0 Å². The molecule has 1 amide bonds. The van der Waals surface area contributed by atoms with E-state index in [-0.39, 0.29) is 5.91 Å². The fraction of sp³-hybridized carbons (Fsp3) is 0.500. The summed E-state index contributed by atoms with van der Waals surface area (Å²) in [6.45, 7) is 3.69. The normalized spacial score (nSPS) is 20.9. The number of anilines is 1. The number of amides is 1. The Kier molecular flexibility index (Phi) is 5.01. The number of hydrogen-bond donors (Lipinski definition) is 2. The third kappa shape index (κ3) is 3.71. The first-order valence-electron chi connectivity index (χ1n) is 6.69. The first-order valence-corrected chi connectivity index (χ1v) is 7.48. The minimum absolute atomic E-state index is 0.114. The summed E-state index contributed by atoms with van der Waals surface area (Å²) < 4.78 is 0.875. The molecule has 1 fully saturated rings. The fourth-order valence-electron chi connectivity index (χ4n) is 2.37. The molecular weight excluding hydrogens is 320 g/mol. The lowest BCUT2D eigenvalue weighted by Crippen LogP contribution is -2.54. The Morgan fingerprint density at radius 3 is 2.90 bits per heavy atom. The lowest BCUT2D eigenvalue weighted by molar-refractivity contribution is 0.0882. The Morgan fingerprint density at radius 2 is 2.20 bits per heavy atom. The summed E-state index contributed by atoms with van der Waals surface area (Å²) in [5.74, 6) is -0.114. The summed E-state index contributed by atoms with van der Waals surface area (Å²) in [5.41, 5.74) is 6.89. The number of nitrogens with two attached hydrogens (primary N) is 1. The molecule has 1 heterocycles. The second-order valence-electron chi connectivity index (χ2n) is 5.34. The lowest BCUT2D eigenvalue weighted by atomic mass is 10.1. The SMILES string of the molecule is CN1CCN(C)C(CNC(=O)c2ccc(Br)cc2N)C1. The second-order valence-corrected chi connectivity index (χ2v) is 6.25. The van der Waals surface area contributed by atoms with Crippen molar-refractivity contribution in [2.75, 3.05) is 46.0 Å². The molecule has 1 unspecified atom stereocenters. The number of nitrogen functional groups attached to an aromatic ring is 1. The van der Waals surface area contributed by atoms with Gasteiger partial charge < -0.3 is 16.0 Å². The molecule has 0 saturated carbocycles. The number of hydrogen-bond acceptors (Lipinski definition) is 4. The van der Waals surface area contributed by atoms with Crippen molar-refractivity contribution in [3.8, 4) is 0 Å². The van der Waals surface area contributed by atoms with Crippen molar-refractivity contribution in [2.24, 2.45) is 0 Å². The number of carbonyl (C=O) groups is 1. The molecule has 20 heavy (non-hydrogen) atoms. The van der Waals surface area contributed by atoms with Crippen molar-refractivity contribution in [1.82, 2.24) is 15.1 Å². The summed E-state index contributed by atoms with van der Waals surface area (Å²) in [6.07, 6.45) is 0. The van der Waals surface area contributed by atoms with Gasteiger partial charge in [-0.05, 0) is 32.3 Å². The number of likely N-dealkylation sites (N-methyl/N-ethyl adjacent to an activating group) is 2. The van der Waals surface area contributed by atoms with E-state index in [4.69, 9.17) is 5.73 Å². The molecule has 1 atom stereocenters. The van der Waals surface area contributed by atoms with Crippen LogP contribution >= 0.6 is 15.9 Å². The van der Waals surface area contributed by atoms with Crippen molar-refractivity contribution in [1.29, 1.82) is 0 Å². The highest BCUT2D eigenvalue weighted by atomic mass is 79.9. The molecule has 1 aromatic rings. The maximum Gasteiger partial charge on any atom is 0.253 e. The minimum Gasteiger partial charge on any atom is -0.398 e. The molecule has 1 saturated heterocycles. The molecule has 0 aromatic heterocycles. The van der Waals surface area contributed by atoms with Gasteiger partial charge in [-0.2, -0.15) is 0 Å². The van der Waals surface area contributed by atoms with Crippen LogP contribution in [0.25, 0.3) is 0 Å². The molecule has 3 N–H and O–H groups in total. The van der Waals surface area contributed by atoms with Gasteiger partial charge in [0.1, 0.15) is 0 Å². The van der Waals surface area contributed by atoms with E-state index in [9.17, 15) is 4.79 Å². The summed E-state index contributed by atoms with van der Waals surface area (Å²) in [5, 5.41) is 2.98. The van der Waals surface area contributed by atoms with Gasteiger partial charge in [0.25, 0.3) is 5.91 Å². The van der Waals surface area contributed by atoms with Gasteiger partial charge in [-0.25, -0.2) is 0 Å². The highest BCUT2D eigenvalue weighted by Crippen LogP contribution is 2.18. The molecule has 1 aliphatic rings. The van der Waals surface area contributed by atoms with Gasteiger partial charge >= 0.3 is 0 Å². The Labute approximate surface area is 128 Å². The van der Waals surface area contributed by atoms with Crippen molar-refractivity contribution < 1.29 is 4.79 Å². The molecule has 0 bridgehead atoms. The van der Waals surface area contributed by atoms with Crippen molar-refractivity contribution in [2.45, 2.75) is 6.04 Å². The molecule has 110 valence electrons. The van der Waals surface area contributed by atoms with Crippen LogP contribution in [0.4, 0.5) is 5.69 Å². The quantitative estimate of drug-likeness (QED) is 0.806. The second kappa shape index (κ2) is 6.56. The standard InChI is InChI=1S/C14H21BrN4O/c1-18-5-6-19(2)11(9-18)8-17-14(20)12-4-3-10(15)7-13(12)16/h3-4,7,11H,5-6,8-9,16H2,1-2H3,(H,17,20). The first-order chi connectivity index (χ1) is 9.47. The van der Waals surface area contributed by atoms with E-state index in [0.717, 1.165) is 24.1 Å². The highest BCUT2D eigenvalue weighted by Gasteiger charge is 2.22. The molecular formula is C14H21BrN4O. The van der Waals surface area contributed by atoms with E-state index >= 15 is 0 Å². The number of halogens is 1. The number of carbonyl (C=O) groups excluding carboxylic acids is 1. The highest BCUT2D eigenvalue weighted by molar-refractivity contribution is 9.10. The number of piperazine rings is 1. The molecule has 6 heteroatoms. The van der Waals surface area contributed by atoms with Crippen molar-refractivity contribution in [3.05, 3.63) is 28.2 Å². The predicted octanol–water partition coefficient (Wildman–Crippen LogP) is 1.01. The van der Waals surface area contributed by atoms with E-state index < -0.39 is 0 Å². The number of nitrogens with one attached hydrogen (secondary N) is 1. The fourth-order valence-corrected chi connectivity index (χ4v) is 2.75. The number of benzene rings is 1. The molecule has 0 aliphatic carbocycles. The van der Waals surface area contributed by atoms with Crippen LogP contribution in [0.1, 0.15) is 10.4 Å². The van der Waals surface area contributed by atoms with Crippen molar-refractivity contribution in [3.63, 3.8) is 0 Å². The third-order valence-electron chi connectivity index (χ3n) is 3.74. The van der Waals surface area contributed by atoms with Gasteiger partial charge in [0.15, 0.2) is 0 Å². The zero-order valence-electron chi connectivity index (χ0n) is 11.9. The number of rotatable bonds is 3. The van der Waals surface area contributed by atoms with Crippen LogP contribution in [0.2, 0.25) is 0 Å². The van der Waals surface area contributed by atoms with E-state index in [1.54, 1.807) is 12.1 Å². The topological polar surface area (TPSA) is 61.6 Å². The largest absolute Gasteiger partial charge is 0.398 e. The molecule has 0 spiro atoms. The van der Waals surface area contributed by atoms with Gasteiger partial charge in [0.2, 0.25) is 0 Å². The van der Waals surface area contributed by atoms with E-state index in [0.29, 0.717) is 23.8 Å². The first kappa shape index (κ1) is 15.3. The summed E-state index contributed by atoms with van der Waals surface area (Å²) in [4.78, 5) is 16.7. The van der Waals surface area contributed by atoms with Crippen LogP contribution in [0.15, 0.2) is 22.7 Å². The molecule has 1 aromatic carbocycles. The zero-order valence-corrected chi connectivity index (χ0v) is 13.5. The van der Waals surface area contributed by atoms with Crippen molar-refractivity contribution >= 4 is 27.5 Å². The number of nitrogens with zero attached hydrogens (tertiary/aromatic N) is 2. The Hall–Kier alpha value is -1.11. The van der Waals surface area contributed by atoms with Crippen LogP contribution in [0.3, 0.4) is 0 Å². The van der Waals surface area contributed by atoms with Gasteiger partial charge in [-0.1, -0.05) is 15.9 Å². The van der Waals surface area contributed by atoms with Gasteiger partial charge in [0, 0.05) is 42.4 Å². The molecule has 1 aliphatic heterocycles. The van der Waals surface area contributed by atoms with Gasteiger partial charge in [-0.15, -0.1) is 0 Å². The minimum atomic E-state index is -0.114. The van der Waals surface area contributed by atoms with Crippen LogP contribution in [0, 0.1) is 0 Å². The summed E-state index contributed by atoms with van der Waals surface area (Å²) in [7, 11) is 4.20. The Morgan fingerprint density at radius 1 is 1.45 bits per heavy atom. The monoisotopic (exact) mass is 340 g/mol. The third-order valence-corrected chi connectivity index (χ3v) is 4.23. The lowest BCUT2D eigenvalue weighted by Gasteiger charge is -2.37. The van der Waals surface area contributed by atoms with Crippen LogP contribution in [-0.4, -0.2) is 62.0 Å². The van der Waals surface area contributed by atoms with Crippen LogP contribution in [0.5, 0.6) is 0 Å². The molecule has 5 nitrogen and oxygen atoms in total. The zero-order chi connectivity index (χ0) is 14.7. The van der Waals surface area contributed by atoms with E-state index in [1.807, 2.05) is 6.07 Å². The Bertz CT molecular complexity index is 494. The smallest absolute Gasteiger partial charge is 0.253 e. The average Bonchev–Trinajstić information content (AvgIpc) is 2.39. The molecule has 2 rings (SSSR count). The average molecular weight is 341 g/mol. The van der Waals surface area contributed by atoms with E-state index in [1.165, 1.54) is 0 Å². The van der Waals surface area contributed by atoms with Gasteiger partial charge in [0.05, 0.1) is 5.56 Å². The maximum atomic E-state index is 12.2. The predicted molar refractivity (Wildman–Crippen MR) is 84.8 cm³/mol. The maximum absolute atomic E-state index is 12.2.